The van der Waals surface area contributed by atoms with E-state index in [1.165, 1.54) is 31.2 Å². The molecule has 0 bridgehead atoms. The van der Waals surface area contributed by atoms with Crippen molar-refractivity contribution in [2.45, 2.75) is 205 Å². The number of urea groups is 1. The second-order valence-corrected chi connectivity index (χ2v) is 23.4. The van der Waals surface area contributed by atoms with Crippen molar-refractivity contribution in [1.29, 1.82) is 0 Å². The van der Waals surface area contributed by atoms with Gasteiger partial charge in [-0.2, -0.15) is 0 Å². The average Bonchev–Trinajstić information content (AvgIpc) is 1.64. The molecule has 25 heteroatoms. The minimum absolute atomic E-state index is 0.0583. The van der Waals surface area contributed by atoms with Gasteiger partial charge in [0.25, 0.3) is 11.8 Å². The summed E-state index contributed by atoms with van der Waals surface area (Å²) in [4.78, 5) is 126. The van der Waals surface area contributed by atoms with Gasteiger partial charge in [-0.05, 0) is 108 Å². The van der Waals surface area contributed by atoms with Crippen LogP contribution in [0.25, 0.3) is 0 Å². The van der Waals surface area contributed by atoms with Crippen molar-refractivity contribution in [2.75, 3.05) is 25.0 Å². The van der Waals surface area contributed by atoms with E-state index in [1.54, 1.807) is 51.1 Å². The predicted molar refractivity (Wildman–Crippen MR) is 314 cm³/mol. The number of carbonyl (C=O) groups is 10. The molecule has 6 rings (SSSR count). The molecule has 11 atom stereocenters. The largest absolute Gasteiger partial charge is 0.459 e. The number of aliphatic hydroxyl groups excluding tert-OH is 1. The van der Waals surface area contributed by atoms with Crippen molar-refractivity contribution in [3.63, 3.8) is 0 Å². The fourth-order valence-electron chi connectivity index (χ4n) is 10.7. The summed E-state index contributed by atoms with van der Waals surface area (Å²) in [6.45, 7) is 13.1. The Morgan fingerprint density at radius 1 is 0.849 bits per heavy atom. The summed E-state index contributed by atoms with van der Waals surface area (Å²) in [5.41, 5.74) is 6.38. The zero-order chi connectivity index (χ0) is 62.7. The van der Waals surface area contributed by atoms with Crippen molar-refractivity contribution >= 4 is 65.1 Å². The third kappa shape index (κ3) is 21.5. The SMILES string of the molecule is CC(=O)O[C@@H](C)/C=C\C(=O)N[C@@H]1C[C@H](C)[C@H](C/C=C(C)/C=C/[C@H]2O[C@H](CC(=O)N[C@H]3C[C@H](NC(=O)OCc4ccc(NC(=O)[C@H](CCCNC(N)=O)NC(=O)[C@@H](NC(=O)CCCCCN5C(=O)C=CC5=O)C(C)C)cc4)C3)C[C@@]3(CO3)[C@@H]2O)O[C@@H]1C. The summed E-state index contributed by atoms with van der Waals surface area (Å²) in [6.07, 6.45) is 12.3. The second kappa shape index (κ2) is 32.3. The number of amides is 10. The first-order chi connectivity index (χ1) is 40.9. The number of aliphatic hydroxyl groups is 1. The molecule has 4 fully saturated rings. The van der Waals surface area contributed by atoms with Crippen LogP contribution in [-0.2, 0) is 68.6 Å². The summed E-state index contributed by atoms with van der Waals surface area (Å²) in [7, 11) is 0. The van der Waals surface area contributed by atoms with Crippen LogP contribution in [0.15, 0.2) is 72.4 Å². The molecule has 1 aromatic carbocycles. The fourth-order valence-corrected chi connectivity index (χ4v) is 10.7. The number of nitrogens with two attached hydrogens (primary N) is 1. The third-order valence-corrected chi connectivity index (χ3v) is 15.8. The Labute approximate surface area is 502 Å². The van der Waals surface area contributed by atoms with Crippen LogP contribution in [0.4, 0.5) is 15.3 Å². The lowest BCUT2D eigenvalue weighted by molar-refractivity contribution is -0.146. The molecule has 1 saturated carbocycles. The number of epoxide rings is 1. The van der Waals surface area contributed by atoms with Crippen LogP contribution in [0.5, 0.6) is 0 Å². The van der Waals surface area contributed by atoms with Crippen LogP contribution in [0.2, 0.25) is 0 Å². The maximum absolute atomic E-state index is 13.6. The zero-order valence-electron chi connectivity index (χ0n) is 50.3. The predicted octanol–water partition coefficient (Wildman–Crippen LogP) is 3.43. The van der Waals surface area contributed by atoms with Gasteiger partial charge in [-0.25, -0.2) is 9.59 Å². The minimum atomic E-state index is -1.07. The number of hydrogen-bond acceptors (Lipinski definition) is 16. The fraction of sp³-hybridized carbons (Fsp3) is 0.607. The van der Waals surface area contributed by atoms with Crippen molar-refractivity contribution in [3.05, 3.63) is 77.9 Å². The molecule has 10 N–H and O–H groups in total. The summed E-state index contributed by atoms with van der Waals surface area (Å²) in [5, 5.41) is 30.8. The quantitative estimate of drug-likeness (QED) is 0.0133. The molecule has 472 valence electrons. The number of imide groups is 1. The van der Waals surface area contributed by atoms with Gasteiger partial charge in [0.1, 0.15) is 42.6 Å². The monoisotopic (exact) mass is 1200 g/mol. The summed E-state index contributed by atoms with van der Waals surface area (Å²) < 4.78 is 28.8. The lowest BCUT2D eigenvalue weighted by atomic mass is 9.85. The summed E-state index contributed by atoms with van der Waals surface area (Å²) in [6, 6.07) is 3.19. The Bertz CT molecular complexity index is 2690. The number of primary amides is 1. The van der Waals surface area contributed by atoms with E-state index in [9.17, 15) is 53.1 Å². The smallest absolute Gasteiger partial charge is 0.407 e. The maximum Gasteiger partial charge on any atom is 0.407 e. The topological polar surface area (TPSA) is 354 Å². The number of unbranched alkanes of at least 4 members (excludes halogenated alkanes) is 2. The highest BCUT2D eigenvalue weighted by Crippen LogP contribution is 2.43. The van der Waals surface area contributed by atoms with Gasteiger partial charge in [0.2, 0.25) is 29.5 Å². The first kappa shape index (κ1) is 67.6. The van der Waals surface area contributed by atoms with Crippen LogP contribution < -0.4 is 43.0 Å². The molecule has 4 aliphatic heterocycles. The van der Waals surface area contributed by atoms with Gasteiger partial charge in [0.15, 0.2) is 0 Å². The van der Waals surface area contributed by atoms with E-state index in [1.807, 2.05) is 19.9 Å². The van der Waals surface area contributed by atoms with E-state index in [0.717, 1.165) is 16.9 Å². The number of anilines is 1. The first-order valence-corrected chi connectivity index (χ1v) is 29.8. The molecule has 0 aromatic heterocycles. The molecule has 25 nitrogen and oxygen atoms in total. The number of nitrogens with one attached hydrogen (secondary N) is 7. The number of alkyl carbamates (subject to hydrolysis) is 1. The average molecular weight is 1200 g/mol. The molecular weight excluding hydrogens is 1110 g/mol. The highest BCUT2D eigenvalue weighted by Gasteiger charge is 2.58. The maximum atomic E-state index is 13.6. The number of ether oxygens (including phenoxy) is 5. The van der Waals surface area contributed by atoms with Crippen LogP contribution in [0, 0.1) is 11.8 Å². The number of esters is 1. The van der Waals surface area contributed by atoms with Gasteiger partial charge in [-0.3, -0.25) is 43.3 Å². The molecular formula is C61H87N9O16. The van der Waals surface area contributed by atoms with Gasteiger partial charge in [-0.15, -0.1) is 0 Å². The van der Waals surface area contributed by atoms with Gasteiger partial charge in [0.05, 0.1) is 37.4 Å². The third-order valence-electron chi connectivity index (χ3n) is 15.8. The minimum Gasteiger partial charge on any atom is -0.459 e. The Kier molecular flexibility index (Phi) is 25.4. The molecule has 4 heterocycles. The number of carbonyl (C=O) groups excluding carboxylic acids is 10. The number of allylic oxidation sites excluding steroid dienone is 2. The van der Waals surface area contributed by atoms with Gasteiger partial charge in [0, 0.05) is 68.9 Å². The number of benzene rings is 1. The second-order valence-electron chi connectivity index (χ2n) is 23.4. The molecule has 86 heavy (non-hydrogen) atoms. The normalized spacial score (nSPS) is 26.3. The van der Waals surface area contributed by atoms with Crippen molar-refractivity contribution < 1.29 is 76.7 Å². The van der Waals surface area contributed by atoms with Crippen LogP contribution in [0.3, 0.4) is 0 Å². The van der Waals surface area contributed by atoms with E-state index in [4.69, 9.17) is 29.4 Å². The first-order valence-electron chi connectivity index (χ1n) is 29.8. The number of rotatable bonds is 30. The van der Waals surface area contributed by atoms with Crippen LogP contribution in [0.1, 0.15) is 131 Å². The summed E-state index contributed by atoms with van der Waals surface area (Å²) in [5.74, 6) is -3.36. The van der Waals surface area contributed by atoms with Crippen molar-refractivity contribution in [3.8, 4) is 0 Å². The van der Waals surface area contributed by atoms with E-state index in [2.05, 4.69) is 50.2 Å². The van der Waals surface area contributed by atoms with Crippen molar-refractivity contribution in [2.24, 2.45) is 17.6 Å². The van der Waals surface area contributed by atoms with E-state index in [0.29, 0.717) is 62.8 Å². The van der Waals surface area contributed by atoms with E-state index < -0.39 is 72.0 Å². The molecule has 0 radical (unpaired) electrons. The van der Waals surface area contributed by atoms with Gasteiger partial charge >= 0.3 is 18.1 Å². The highest BCUT2D eigenvalue weighted by atomic mass is 16.6. The highest BCUT2D eigenvalue weighted by molar-refractivity contribution is 6.12. The van der Waals surface area contributed by atoms with Crippen LogP contribution >= 0.6 is 0 Å². The molecule has 1 aromatic rings. The lowest BCUT2D eigenvalue weighted by Gasteiger charge is -2.39. The molecule has 3 saturated heterocycles. The molecule has 10 amide bonds. The Morgan fingerprint density at radius 3 is 2.21 bits per heavy atom. The molecule has 0 unspecified atom stereocenters. The van der Waals surface area contributed by atoms with E-state index >= 15 is 0 Å². The Morgan fingerprint density at radius 2 is 1.55 bits per heavy atom. The summed E-state index contributed by atoms with van der Waals surface area (Å²) >= 11 is 0. The molecule has 1 spiro atoms. The number of nitrogens with zero attached hydrogens (tertiary/aromatic N) is 1. The Hall–Kier alpha value is -7.48. The molecule has 1 aliphatic carbocycles. The van der Waals surface area contributed by atoms with Crippen molar-refractivity contribution in [1.82, 2.24) is 36.8 Å². The van der Waals surface area contributed by atoms with Crippen LogP contribution in [-0.4, -0.2) is 162 Å². The lowest BCUT2D eigenvalue weighted by Crippen LogP contribution is -2.55. The number of hydrogen-bond donors (Lipinski definition) is 9. The Balaban J connectivity index is 0.879. The standard InChI is InChI=1S/C61H87N9O16/c1-35(2)55(69-50(72)13-9-8-10-27-70-53(75)24-25-54(70)76)58(79)68-46(12-11-26-63-59(62)80)57(78)65-42-19-17-41(18-20-42)33-82-60(81)66-44-29-43(30-44)64-52(74)31-45-32-61(34-83-61)56(77)49(86-45)22-15-36(3)14-21-48-37(4)28-47(39(6)85-48)67-51(73)23-16-38(5)84-40(7)71/h14-20,22-25,35,37-39,43-49,55-56,77H,8-13,21,26-34H2,1-7H3,(H,64,74)(H,65,78)(H,66,81)(H,67,73)(H,68,79)(H,69,72)(H3,62,63,80)/b22-15+,23-16-,36-14+/t37-,38-,39+,43-,44-,45+,46-,47+,48-,49+,55-,56+,61+/m0/s1. The van der Waals surface area contributed by atoms with E-state index in [-0.39, 0.29) is 117 Å². The molecule has 5 aliphatic rings. The zero-order valence-corrected chi connectivity index (χ0v) is 50.3. The van der Waals surface area contributed by atoms with Gasteiger partial charge in [-0.1, -0.05) is 63.1 Å². The van der Waals surface area contributed by atoms with Gasteiger partial charge < -0.3 is 71.7 Å².